The summed E-state index contributed by atoms with van der Waals surface area (Å²) in [5.41, 5.74) is 9.42. The molecule has 0 spiro atoms. The Kier molecular flexibility index (Phi) is 6.29. The molecule has 0 atom stereocenters. The zero-order valence-electron chi connectivity index (χ0n) is 30.5. The van der Waals surface area contributed by atoms with Gasteiger partial charge in [-0.2, -0.15) is 0 Å². The predicted octanol–water partition coefficient (Wildman–Crippen LogP) is 14.2. The maximum absolute atomic E-state index is 5.58. The first-order chi connectivity index (χ1) is 28.3. The van der Waals surface area contributed by atoms with Gasteiger partial charge < -0.3 is 4.57 Å². The van der Waals surface area contributed by atoms with Crippen molar-refractivity contribution in [3.63, 3.8) is 0 Å². The van der Waals surface area contributed by atoms with Gasteiger partial charge >= 0.3 is 0 Å². The fourth-order valence-electron chi connectivity index (χ4n) is 9.49. The van der Waals surface area contributed by atoms with Crippen molar-refractivity contribution < 1.29 is 0 Å². The van der Waals surface area contributed by atoms with Crippen LogP contribution in [0.5, 0.6) is 0 Å². The van der Waals surface area contributed by atoms with E-state index in [2.05, 4.69) is 191 Å². The highest BCUT2D eigenvalue weighted by Crippen LogP contribution is 2.47. The van der Waals surface area contributed by atoms with Crippen LogP contribution < -0.4 is 0 Å². The van der Waals surface area contributed by atoms with Crippen LogP contribution >= 0.6 is 11.3 Å². The van der Waals surface area contributed by atoms with E-state index in [9.17, 15) is 0 Å². The fraction of sp³-hybridized carbons (Fsp3) is 0. The molecule has 0 N–H and O–H groups in total. The molecule has 13 rings (SSSR count). The molecule has 9 aromatic carbocycles. The van der Waals surface area contributed by atoms with Crippen LogP contribution in [-0.4, -0.2) is 19.1 Å². The molecular formula is C52H30N4S. The summed E-state index contributed by atoms with van der Waals surface area (Å²) < 4.78 is 7.43. The molecule has 0 saturated heterocycles. The number of hydrogen-bond donors (Lipinski definition) is 0. The molecule has 4 nitrogen and oxygen atoms in total. The van der Waals surface area contributed by atoms with Crippen molar-refractivity contribution in [2.75, 3.05) is 0 Å². The molecule has 0 aliphatic carbocycles. The number of hydrogen-bond acceptors (Lipinski definition) is 3. The van der Waals surface area contributed by atoms with Crippen molar-refractivity contribution in [2.45, 2.75) is 0 Å². The monoisotopic (exact) mass is 742 g/mol. The number of aromatic nitrogens is 4. The number of nitrogens with zero attached hydrogens (tertiary/aromatic N) is 4. The van der Waals surface area contributed by atoms with Gasteiger partial charge in [-0.05, 0) is 53.2 Å². The second-order valence-corrected chi connectivity index (χ2v) is 16.0. The summed E-state index contributed by atoms with van der Waals surface area (Å²) in [5.74, 6) is 0.816. The Balaban J connectivity index is 1.25. The molecule has 0 amide bonds. The molecule has 0 radical (unpaired) electrons. The molecule has 4 aromatic heterocycles. The van der Waals surface area contributed by atoms with E-state index in [1.54, 1.807) is 0 Å². The van der Waals surface area contributed by atoms with Gasteiger partial charge in [0, 0.05) is 58.1 Å². The average Bonchev–Trinajstić information content (AvgIpc) is 3.93. The van der Waals surface area contributed by atoms with Gasteiger partial charge in [-0.3, -0.25) is 4.57 Å². The van der Waals surface area contributed by atoms with Gasteiger partial charge in [-0.25, -0.2) is 9.97 Å². The van der Waals surface area contributed by atoms with Crippen LogP contribution in [0, 0.1) is 0 Å². The quantitative estimate of drug-likeness (QED) is 0.181. The summed E-state index contributed by atoms with van der Waals surface area (Å²) in [6.07, 6.45) is 0. The van der Waals surface area contributed by atoms with Gasteiger partial charge in [0.2, 0.25) is 0 Å². The smallest absolute Gasteiger partial charge is 0.165 e. The molecular weight excluding hydrogens is 713 g/mol. The summed E-state index contributed by atoms with van der Waals surface area (Å²) in [5, 5.41) is 12.1. The SMILES string of the molecule is c1ccc2c(-n3c4ccccc4c4ccc5ccccc5c43)c3c4ccccc4n(-c4nc5ccccc5nc4-c4cccc5sc6ccccc6c45)c3cc2c1. The lowest BCUT2D eigenvalue weighted by Gasteiger charge is -2.17. The summed E-state index contributed by atoms with van der Waals surface area (Å²) in [4.78, 5) is 11.1. The molecule has 264 valence electrons. The summed E-state index contributed by atoms with van der Waals surface area (Å²) in [6, 6.07) is 65.8. The van der Waals surface area contributed by atoms with Crippen LogP contribution in [0.15, 0.2) is 182 Å². The Morgan fingerprint density at radius 1 is 0.386 bits per heavy atom. The average molecular weight is 743 g/mol. The predicted molar refractivity (Wildman–Crippen MR) is 242 cm³/mol. The topological polar surface area (TPSA) is 35.6 Å². The first kappa shape index (κ1) is 30.9. The summed E-state index contributed by atoms with van der Waals surface area (Å²) in [6.45, 7) is 0. The van der Waals surface area contributed by atoms with Crippen molar-refractivity contribution in [1.82, 2.24) is 19.1 Å². The highest BCUT2D eigenvalue weighted by Gasteiger charge is 2.26. The van der Waals surface area contributed by atoms with Crippen LogP contribution in [0.4, 0.5) is 0 Å². The van der Waals surface area contributed by atoms with Gasteiger partial charge in [-0.15, -0.1) is 11.3 Å². The molecule has 0 unspecified atom stereocenters. The van der Waals surface area contributed by atoms with Crippen LogP contribution in [0.25, 0.3) is 119 Å². The highest BCUT2D eigenvalue weighted by atomic mass is 32.1. The second kappa shape index (κ2) is 11.6. The van der Waals surface area contributed by atoms with Crippen molar-refractivity contribution in [1.29, 1.82) is 0 Å². The zero-order chi connectivity index (χ0) is 37.2. The summed E-state index contributed by atoms with van der Waals surface area (Å²) in [7, 11) is 0. The van der Waals surface area contributed by atoms with Gasteiger partial charge in [0.1, 0.15) is 5.69 Å². The molecule has 0 bridgehead atoms. The van der Waals surface area contributed by atoms with Crippen molar-refractivity contribution in [3.05, 3.63) is 182 Å². The zero-order valence-corrected chi connectivity index (χ0v) is 31.3. The van der Waals surface area contributed by atoms with E-state index >= 15 is 0 Å². The van der Waals surface area contributed by atoms with Crippen LogP contribution in [-0.2, 0) is 0 Å². The number of rotatable bonds is 3. The molecule has 13 aromatic rings. The number of para-hydroxylation sites is 4. The first-order valence-corrected chi connectivity index (χ1v) is 20.2. The number of thiophene rings is 1. The largest absolute Gasteiger partial charge is 0.307 e. The van der Waals surface area contributed by atoms with Crippen molar-refractivity contribution >= 4 is 108 Å². The lowest BCUT2D eigenvalue weighted by atomic mass is 10.0. The van der Waals surface area contributed by atoms with Crippen LogP contribution in [0.1, 0.15) is 0 Å². The van der Waals surface area contributed by atoms with E-state index in [-0.39, 0.29) is 0 Å². The van der Waals surface area contributed by atoms with E-state index in [1.165, 1.54) is 74.6 Å². The third kappa shape index (κ3) is 4.26. The maximum Gasteiger partial charge on any atom is 0.165 e. The normalized spacial score (nSPS) is 12.2. The third-order valence-electron chi connectivity index (χ3n) is 11.9. The molecule has 57 heavy (non-hydrogen) atoms. The minimum atomic E-state index is 0.816. The van der Waals surface area contributed by atoms with E-state index in [1.807, 2.05) is 11.3 Å². The van der Waals surface area contributed by atoms with Gasteiger partial charge in [0.15, 0.2) is 5.82 Å². The van der Waals surface area contributed by atoms with E-state index in [4.69, 9.17) is 9.97 Å². The Hall–Kier alpha value is -7.34. The standard InChI is InChI=1S/C52H30N4S/c1-3-16-33-31(14-1)28-29-36-35-18-5-10-24-42(35)56(50(33)36)51-34-17-4-2-15-32(34)30-44-48(51)37-19-6-11-25-43(37)55(44)52-49(53-40-22-8-9-23-41(40)54-52)39-21-13-27-46-47(39)38-20-7-12-26-45(38)57-46/h1-30H. The molecule has 0 aliphatic rings. The number of benzene rings is 9. The Bertz CT molecular complexity index is 3830. The van der Waals surface area contributed by atoms with Crippen LogP contribution in [0.2, 0.25) is 0 Å². The van der Waals surface area contributed by atoms with Crippen LogP contribution in [0.3, 0.4) is 0 Å². The van der Waals surface area contributed by atoms with Crippen molar-refractivity contribution in [3.8, 4) is 22.8 Å². The molecule has 0 fully saturated rings. The van der Waals surface area contributed by atoms with E-state index < -0.39 is 0 Å². The van der Waals surface area contributed by atoms with Gasteiger partial charge in [0.05, 0.1) is 38.8 Å². The maximum atomic E-state index is 5.58. The molecule has 0 aliphatic heterocycles. The lowest BCUT2D eigenvalue weighted by molar-refractivity contribution is 1.08. The fourth-order valence-corrected chi connectivity index (χ4v) is 10.6. The third-order valence-corrected chi connectivity index (χ3v) is 13.0. The molecule has 4 heterocycles. The summed E-state index contributed by atoms with van der Waals surface area (Å²) >= 11 is 1.83. The highest BCUT2D eigenvalue weighted by molar-refractivity contribution is 7.25. The second-order valence-electron chi connectivity index (χ2n) is 14.9. The van der Waals surface area contributed by atoms with E-state index in [0.717, 1.165) is 44.5 Å². The first-order valence-electron chi connectivity index (χ1n) is 19.3. The molecule has 5 heteroatoms. The van der Waals surface area contributed by atoms with E-state index in [0.29, 0.717) is 0 Å². The van der Waals surface area contributed by atoms with Gasteiger partial charge in [0.25, 0.3) is 0 Å². The Morgan fingerprint density at radius 2 is 1.02 bits per heavy atom. The minimum Gasteiger partial charge on any atom is -0.307 e. The number of fused-ring (bicyclic) bond motifs is 13. The van der Waals surface area contributed by atoms with Gasteiger partial charge in [-0.1, -0.05) is 140 Å². The Morgan fingerprint density at radius 3 is 1.86 bits per heavy atom. The minimum absolute atomic E-state index is 0.816. The lowest BCUT2D eigenvalue weighted by Crippen LogP contribution is -2.04. The Labute approximate surface area is 330 Å². The van der Waals surface area contributed by atoms with Crippen molar-refractivity contribution in [2.24, 2.45) is 0 Å². The molecule has 0 saturated carbocycles.